The van der Waals surface area contributed by atoms with E-state index in [9.17, 15) is 4.79 Å². The van der Waals surface area contributed by atoms with E-state index in [-0.39, 0.29) is 5.78 Å². The van der Waals surface area contributed by atoms with Gasteiger partial charge in [-0.05, 0) is 44.9 Å². The number of aryl methyl sites for hydroxylation is 2. The number of carbonyl (C=O) groups excluding carboxylic acids is 1. The largest absolute Gasteiger partial charge is 0.358 e. The van der Waals surface area contributed by atoms with E-state index < -0.39 is 0 Å². The maximum Gasteiger partial charge on any atom is 0.130 e. The zero-order chi connectivity index (χ0) is 13.3. The van der Waals surface area contributed by atoms with Crippen molar-refractivity contribution in [1.29, 1.82) is 0 Å². The quantitative estimate of drug-likeness (QED) is 0.844. The molecular formula is C15H17NOS. The van der Waals surface area contributed by atoms with Crippen LogP contribution in [-0.2, 0) is 11.2 Å². The summed E-state index contributed by atoms with van der Waals surface area (Å²) < 4.78 is 0.881. The Balaban J connectivity index is 2.60. The van der Waals surface area contributed by atoms with E-state index in [4.69, 9.17) is 12.2 Å². The molecule has 0 unspecified atom stereocenters. The molecule has 0 saturated heterocycles. The fourth-order valence-corrected chi connectivity index (χ4v) is 2.59. The summed E-state index contributed by atoms with van der Waals surface area (Å²) in [5.74, 6) is 0.202. The van der Waals surface area contributed by atoms with Crippen LogP contribution in [0.5, 0.6) is 0 Å². The van der Waals surface area contributed by atoms with E-state index >= 15 is 0 Å². The van der Waals surface area contributed by atoms with Gasteiger partial charge in [-0.15, -0.1) is 0 Å². The van der Waals surface area contributed by atoms with Crippen molar-refractivity contribution in [1.82, 2.24) is 4.98 Å². The lowest BCUT2D eigenvalue weighted by Gasteiger charge is -2.09. The molecule has 0 amide bonds. The number of aromatic nitrogens is 1. The molecule has 2 nitrogen and oxygen atoms in total. The van der Waals surface area contributed by atoms with Gasteiger partial charge in [-0.2, -0.15) is 0 Å². The van der Waals surface area contributed by atoms with E-state index in [0.29, 0.717) is 6.42 Å². The topological polar surface area (TPSA) is 32.9 Å². The van der Waals surface area contributed by atoms with Crippen molar-refractivity contribution < 1.29 is 4.79 Å². The molecule has 1 N–H and O–H groups in total. The van der Waals surface area contributed by atoms with Gasteiger partial charge in [0.1, 0.15) is 5.78 Å². The minimum atomic E-state index is 0.202. The Morgan fingerprint density at radius 3 is 2.72 bits per heavy atom. The van der Waals surface area contributed by atoms with Crippen LogP contribution in [-0.4, -0.2) is 10.8 Å². The molecule has 0 radical (unpaired) electrons. The molecule has 2 aromatic rings. The number of aromatic amines is 1. The lowest BCUT2D eigenvalue weighted by Crippen LogP contribution is -2.00. The highest BCUT2D eigenvalue weighted by atomic mass is 32.1. The Morgan fingerprint density at radius 2 is 2.06 bits per heavy atom. The van der Waals surface area contributed by atoms with Gasteiger partial charge in [0.15, 0.2) is 0 Å². The highest BCUT2D eigenvalue weighted by Crippen LogP contribution is 2.21. The van der Waals surface area contributed by atoms with E-state index in [0.717, 1.165) is 33.1 Å². The Morgan fingerprint density at radius 1 is 1.33 bits per heavy atom. The van der Waals surface area contributed by atoms with Gasteiger partial charge >= 0.3 is 0 Å². The highest BCUT2D eigenvalue weighted by Gasteiger charge is 2.07. The van der Waals surface area contributed by atoms with Gasteiger partial charge in [-0.1, -0.05) is 23.8 Å². The summed E-state index contributed by atoms with van der Waals surface area (Å²) in [6, 6.07) is 6.23. The fraction of sp³-hybridized carbons (Fsp3) is 0.333. The molecule has 94 valence electrons. The number of fused-ring (bicyclic) bond motifs is 1. The molecule has 0 aliphatic rings. The standard InChI is InChI=1S/C15H17NOS/c1-9-4-7-14-13(8-9)15(18)12(11(3)16-14)6-5-10(2)17/h4,7-8H,5-6H2,1-3H3,(H,16,18). The summed E-state index contributed by atoms with van der Waals surface area (Å²) in [7, 11) is 0. The van der Waals surface area contributed by atoms with Crippen molar-refractivity contribution in [2.45, 2.75) is 33.6 Å². The number of benzene rings is 1. The van der Waals surface area contributed by atoms with Crippen molar-refractivity contribution in [2.24, 2.45) is 0 Å². The highest BCUT2D eigenvalue weighted by molar-refractivity contribution is 7.71. The maximum absolute atomic E-state index is 11.1. The summed E-state index contributed by atoms with van der Waals surface area (Å²) in [5.41, 5.74) is 4.42. The lowest BCUT2D eigenvalue weighted by molar-refractivity contribution is -0.116. The van der Waals surface area contributed by atoms with E-state index in [2.05, 4.69) is 30.1 Å². The number of ketones is 1. The van der Waals surface area contributed by atoms with Crippen LogP contribution in [0.25, 0.3) is 10.9 Å². The van der Waals surface area contributed by atoms with Crippen molar-refractivity contribution in [3.05, 3.63) is 39.5 Å². The van der Waals surface area contributed by atoms with Crippen LogP contribution in [0.1, 0.15) is 30.2 Å². The van der Waals surface area contributed by atoms with Crippen LogP contribution in [0.15, 0.2) is 18.2 Å². The average molecular weight is 259 g/mol. The first kappa shape index (κ1) is 13.0. The zero-order valence-corrected chi connectivity index (χ0v) is 11.8. The number of rotatable bonds is 3. The number of Topliss-reactive ketones (excluding diaryl/α,β-unsaturated/α-hetero) is 1. The van der Waals surface area contributed by atoms with Crippen LogP contribution < -0.4 is 0 Å². The zero-order valence-electron chi connectivity index (χ0n) is 11.0. The predicted molar refractivity (Wildman–Crippen MR) is 77.6 cm³/mol. The number of H-pyrrole nitrogens is 1. The first-order chi connectivity index (χ1) is 8.49. The molecule has 0 saturated carbocycles. The molecular weight excluding hydrogens is 242 g/mol. The van der Waals surface area contributed by atoms with E-state index in [1.807, 2.05) is 6.92 Å². The van der Waals surface area contributed by atoms with E-state index in [1.165, 1.54) is 5.56 Å². The molecule has 1 aromatic carbocycles. The second-order valence-corrected chi connectivity index (χ2v) is 5.22. The monoisotopic (exact) mass is 259 g/mol. The molecule has 18 heavy (non-hydrogen) atoms. The van der Waals surface area contributed by atoms with Gasteiger partial charge in [-0.3, -0.25) is 0 Å². The predicted octanol–water partition coefficient (Wildman–Crippen LogP) is 4.04. The summed E-state index contributed by atoms with van der Waals surface area (Å²) in [6.45, 7) is 5.70. The van der Waals surface area contributed by atoms with Gasteiger partial charge in [-0.25, -0.2) is 0 Å². The smallest absolute Gasteiger partial charge is 0.130 e. The van der Waals surface area contributed by atoms with Gasteiger partial charge in [0.2, 0.25) is 0 Å². The maximum atomic E-state index is 11.1. The SMILES string of the molecule is CC(=O)CCc1c(C)[nH]c2ccc(C)cc2c1=S. The Hall–Kier alpha value is -1.48. The molecule has 1 heterocycles. The molecule has 0 fully saturated rings. The minimum absolute atomic E-state index is 0.202. The first-order valence-corrected chi connectivity index (χ1v) is 6.51. The number of carbonyl (C=O) groups is 1. The number of pyridine rings is 1. The first-order valence-electron chi connectivity index (χ1n) is 6.10. The summed E-state index contributed by atoms with van der Waals surface area (Å²) in [6.07, 6.45) is 1.27. The molecule has 0 bridgehead atoms. The number of hydrogen-bond donors (Lipinski definition) is 1. The molecule has 3 heteroatoms. The van der Waals surface area contributed by atoms with E-state index in [1.54, 1.807) is 6.92 Å². The van der Waals surface area contributed by atoms with Crippen molar-refractivity contribution in [3.8, 4) is 0 Å². The van der Waals surface area contributed by atoms with Crippen LogP contribution in [0, 0.1) is 18.4 Å². The summed E-state index contributed by atoms with van der Waals surface area (Å²) >= 11 is 5.56. The third kappa shape index (κ3) is 2.51. The third-order valence-electron chi connectivity index (χ3n) is 3.20. The van der Waals surface area contributed by atoms with Crippen LogP contribution in [0.4, 0.5) is 0 Å². The molecule has 0 aliphatic heterocycles. The lowest BCUT2D eigenvalue weighted by atomic mass is 10.0. The molecule has 2 rings (SSSR count). The fourth-order valence-electron chi connectivity index (χ4n) is 2.17. The Labute approximate surface area is 112 Å². The summed E-state index contributed by atoms with van der Waals surface area (Å²) in [4.78, 5) is 14.5. The second kappa shape index (κ2) is 5.02. The third-order valence-corrected chi connectivity index (χ3v) is 3.66. The van der Waals surface area contributed by atoms with Crippen molar-refractivity contribution >= 4 is 28.9 Å². The Kier molecular flexibility index (Phi) is 3.62. The van der Waals surface area contributed by atoms with Crippen molar-refractivity contribution in [3.63, 3.8) is 0 Å². The van der Waals surface area contributed by atoms with Crippen LogP contribution in [0.2, 0.25) is 0 Å². The van der Waals surface area contributed by atoms with Crippen LogP contribution in [0.3, 0.4) is 0 Å². The van der Waals surface area contributed by atoms with Gasteiger partial charge in [0.25, 0.3) is 0 Å². The number of nitrogens with one attached hydrogen (secondary N) is 1. The van der Waals surface area contributed by atoms with Crippen LogP contribution >= 0.6 is 12.2 Å². The van der Waals surface area contributed by atoms with Crippen molar-refractivity contribution in [2.75, 3.05) is 0 Å². The van der Waals surface area contributed by atoms with Gasteiger partial charge in [0, 0.05) is 23.0 Å². The average Bonchev–Trinajstić information content (AvgIpc) is 2.30. The molecule has 0 aliphatic carbocycles. The molecule has 1 aromatic heterocycles. The number of hydrogen-bond acceptors (Lipinski definition) is 2. The second-order valence-electron chi connectivity index (χ2n) is 4.81. The molecule has 0 atom stereocenters. The normalized spacial score (nSPS) is 10.8. The summed E-state index contributed by atoms with van der Waals surface area (Å²) in [5, 5.41) is 1.08. The van der Waals surface area contributed by atoms with Gasteiger partial charge in [0.05, 0.1) is 4.51 Å². The van der Waals surface area contributed by atoms with Gasteiger partial charge < -0.3 is 9.78 Å². The molecule has 0 spiro atoms. The minimum Gasteiger partial charge on any atom is -0.358 e. The Bertz CT molecular complexity index is 670.